The third kappa shape index (κ3) is 4.36. The van der Waals surface area contributed by atoms with Gasteiger partial charge in [-0.05, 0) is 36.5 Å². The van der Waals surface area contributed by atoms with E-state index in [9.17, 15) is 0 Å². The molecule has 1 aromatic rings. The summed E-state index contributed by atoms with van der Waals surface area (Å²) < 4.78 is 5.71. The van der Waals surface area contributed by atoms with Crippen LogP contribution in [0.1, 0.15) is 37.3 Å². The third-order valence-corrected chi connectivity index (χ3v) is 2.83. The number of hydrogen-bond acceptors (Lipinski definition) is 3. The zero-order valence-corrected chi connectivity index (χ0v) is 10.9. The molecule has 3 N–H and O–H groups in total. The summed E-state index contributed by atoms with van der Waals surface area (Å²) in [5.74, 6) is 1.38. The van der Waals surface area contributed by atoms with Gasteiger partial charge in [0.25, 0.3) is 0 Å². The van der Waals surface area contributed by atoms with E-state index in [0.717, 1.165) is 11.3 Å². The number of aliphatic hydroxyl groups is 1. The lowest BCUT2D eigenvalue weighted by molar-refractivity contribution is 0.233. The summed E-state index contributed by atoms with van der Waals surface area (Å²) in [4.78, 5) is 0. The van der Waals surface area contributed by atoms with Crippen LogP contribution in [-0.2, 0) is 0 Å². The second kappa shape index (κ2) is 6.62. The first kappa shape index (κ1) is 14.0. The molecule has 0 aliphatic rings. The van der Waals surface area contributed by atoms with Crippen LogP contribution in [0.25, 0.3) is 0 Å². The van der Waals surface area contributed by atoms with Crippen molar-refractivity contribution in [3.8, 4) is 5.75 Å². The Morgan fingerprint density at radius 3 is 2.65 bits per heavy atom. The molecule has 1 rings (SSSR count). The van der Waals surface area contributed by atoms with Crippen LogP contribution in [0.5, 0.6) is 5.75 Å². The van der Waals surface area contributed by atoms with E-state index in [1.165, 1.54) is 5.56 Å². The Hall–Kier alpha value is -1.06. The summed E-state index contributed by atoms with van der Waals surface area (Å²) in [5.41, 5.74) is 8.18. The van der Waals surface area contributed by atoms with E-state index >= 15 is 0 Å². The van der Waals surface area contributed by atoms with Crippen LogP contribution in [0.15, 0.2) is 18.2 Å². The first-order valence-corrected chi connectivity index (χ1v) is 6.14. The van der Waals surface area contributed by atoms with Gasteiger partial charge in [-0.3, -0.25) is 0 Å². The van der Waals surface area contributed by atoms with Gasteiger partial charge >= 0.3 is 0 Å². The van der Waals surface area contributed by atoms with Gasteiger partial charge in [0.15, 0.2) is 0 Å². The number of hydrogen-bond donors (Lipinski definition) is 2. The molecule has 0 fully saturated rings. The zero-order valence-electron chi connectivity index (χ0n) is 10.9. The quantitative estimate of drug-likeness (QED) is 0.797. The highest BCUT2D eigenvalue weighted by Gasteiger charge is 2.07. The summed E-state index contributed by atoms with van der Waals surface area (Å²) >= 11 is 0. The van der Waals surface area contributed by atoms with Gasteiger partial charge in [0, 0.05) is 12.6 Å². The maximum Gasteiger partial charge on any atom is 0.122 e. The van der Waals surface area contributed by atoms with Crippen molar-refractivity contribution < 1.29 is 9.84 Å². The molecule has 3 nitrogen and oxygen atoms in total. The first-order valence-electron chi connectivity index (χ1n) is 6.14. The topological polar surface area (TPSA) is 55.5 Å². The highest BCUT2D eigenvalue weighted by Crippen LogP contribution is 2.24. The maximum atomic E-state index is 8.77. The molecule has 96 valence electrons. The number of nitrogens with two attached hydrogens (primary N) is 1. The van der Waals surface area contributed by atoms with Crippen molar-refractivity contribution in [3.05, 3.63) is 29.3 Å². The van der Waals surface area contributed by atoms with Gasteiger partial charge in [0.2, 0.25) is 0 Å². The van der Waals surface area contributed by atoms with E-state index in [0.29, 0.717) is 18.9 Å². The standard InChI is InChI=1S/C14H23NO2/c1-10(2)12-5-4-11(3)14(8-12)17-9-13(15)6-7-16/h4-5,8,10,13,16H,6-7,9,15H2,1-3H3. The number of benzene rings is 1. The first-order chi connectivity index (χ1) is 8.04. The lowest BCUT2D eigenvalue weighted by Gasteiger charge is -2.15. The van der Waals surface area contributed by atoms with E-state index in [4.69, 9.17) is 15.6 Å². The summed E-state index contributed by atoms with van der Waals surface area (Å²) in [6, 6.07) is 6.16. The molecule has 0 aliphatic carbocycles. The normalized spacial score (nSPS) is 12.8. The fourth-order valence-electron chi connectivity index (χ4n) is 1.58. The Kier molecular flexibility index (Phi) is 5.45. The number of ether oxygens (including phenoxy) is 1. The van der Waals surface area contributed by atoms with E-state index in [1.807, 2.05) is 6.92 Å². The SMILES string of the molecule is Cc1ccc(C(C)C)cc1OCC(N)CCO. The zero-order chi connectivity index (χ0) is 12.8. The van der Waals surface area contributed by atoms with Crippen molar-refractivity contribution in [2.45, 2.75) is 39.2 Å². The van der Waals surface area contributed by atoms with Crippen molar-refractivity contribution >= 4 is 0 Å². The number of aliphatic hydroxyl groups excluding tert-OH is 1. The van der Waals surface area contributed by atoms with Crippen LogP contribution < -0.4 is 10.5 Å². The molecule has 0 saturated heterocycles. The average Bonchev–Trinajstić information content (AvgIpc) is 2.28. The van der Waals surface area contributed by atoms with E-state index in [-0.39, 0.29) is 12.6 Å². The predicted molar refractivity (Wildman–Crippen MR) is 70.4 cm³/mol. The van der Waals surface area contributed by atoms with Gasteiger partial charge < -0.3 is 15.6 Å². The molecular formula is C14H23NO2. The molecule has 0 saturated carbocycles. The molecular weight excluding hydrogens is 214 g/mol. The molecule has 17 heavy (non-hydrogen) atoms. The van der Waals surface area contributed by atoms with Crippen molar-refractivity contribution in [2.75, 3.05) is 13.2 Å². The molecule has 3 heteroatoms. The highest BCUT2D eigenvalue weighted by molar-refractivity contribution is 5.37. The molecule has 0 spiro atoms. The molecule has 0 bridgehead atoms. The summed E-state index contributed by atoms with van der Waals surface area (Å²) in [5, 5.41) is 8.77. The smallest absolute Gasteiger partial charge is 0.122 e. The molecule has 0 heterocycles. The van der Waals surface area contributed by atoms with Crippen molar-refractivity contribution in [2.24, 2.45) is 5.73 Å². The Morgan fingerprint density at radius 2 is 2.06 bits per heavy atom. The van der Waals surface area contributed by atoms with E-state index < -0.39 is 0 Å². The van der Waals surface area contributed by atoms with Gasteiger partial charge in [-0.1, -0.05) is 26.0 Å². The van der Waals surface area contributed by atoms with Gasteiger partial charge in [-0.2, -0.15) is 0 Å². The monoisotopic (exact) mass is 237 g/mol. The second-order valence-corrected chi connectivity index (χ2v) is 4.76. The summed E-state index contributed by atoms with van der Waals surface area (Å²) in [6.45, 7) is 6.90. The molecule has 1 unspecified atom stereocenters. The largest absolute Gasteiger partial charge is 0.492 e. The molecule has 0 aliphatic heterocycles. The molecule has 0 aromatic heterocycles. The van der Waals surface area contributed by atoms with Crippen LogP contribution in [-0.4, -0.2) is 24.4 Å². The van der Waals surface area contributed by atoms with Crippen molar-refractivity contribution in [1.29, 1.82) is 0 Å². The van der Waals surface area contributed by atoms with Crippen molar-refractivity contribution in [1.82, 2.24) is 0 Å². The summed E-state index contributed by atoms with van der Waals surface area (Å²) in [6.07, 6.45) is 0.572. The Morgan fingerprint density at radius 1 is 1.35 bits per heavy atom. The summed E-state index contributed by atoms with van der Waals surface area (Å²) in [7, 11) is 0. The van der Waals surface area contributed by atoms with Gasteiger partial charge in [-0.25, -0.2) is 0 Å². The highest BCUT2D eigenvalue weighted by atomic mass is 16.5. The fourth-order valence-corrected chi connectivity index (χ4v) is 1.58. The minimum Gasteiger partial charge on any atom is -0.492 e. The number of rotatable bonds is 6. The fraction of sp³-hybridized carbons (Fsp3) is 0.571. The van der Waals surface area contributed by atoms with Crippen LogP contribution in [0.4, 0.5) is 0 Å². The van der Waals surface area contributed by atoms with Crippen LogP contribution in [0, 0.1) is 6.92 Å². The van der Waals surface area contributed by atoms with Gasteiger partial charge in [-0.15, -0.1) is 0 Å². The minimum absolute atomic E-state index is 0.107. The second-order valence-electron chi connectivity index (χ2n) is 4.76. The predicted octanol–water partition coefficient (Wildman–Crippen LogP) is 2.21. The molecule has 1 atom stereocenters. The molecule has 0 amide bonds. The van der Waals surface area contributed by atoms with E-state index in [2.05, 4.69) is 32.0 Å². The van der Waals surface area contributed by atoms with Crippen LogP contribution >= 0.6 is 0 Å². The molecule has 1 aromatic carbocycles. The van der Waals surface area contributed by atoms with Gasteiger partial charge in [0.1, 0.15) is 12.4 Å². The molecule has 0 radical (unpaired) electrons. The van der Waals surface area contributed by atoms with Crippen LogP contribution in [0.3, 0.4) is 0 Å². The number of aryl methyl sites for hydroxylation is 1. The maximum absolute atomic E-state index is 8.77. The van der Waals surface area contributed by atoms with E-state index in [1.54, 1.807) is 0 Å². The Balaban J connectivity index is 2.66. The lowest BCUT2D eigenvalue weighted by atomic mass is 10.0. The Bertz CT molecular complexity index is 350. The average molecular weight is 237 g/mol. The van der Waals surface area contributed by atoms with Gasteiger partial charge in [0.05, 0.1) is 0 Å². The van der Waals surface area contributed by atoms with Crippen molar-refractivity contribution in [3.63, 3.8) is 0 Å². The third-order valence-electron chi connectivity index (χ3n) is 2.83. The lowest BCUT2D eigenvalue weighted by Crippen LogP contribution is -2.28. The minimum atomic E-state index is -0.109. The van der Waals surface area contributed by atoms with Crippen LogP contribution in [0.2, 0.25) is 0 Å². The Labute approximate surface area is 104 Å².